The number of nitrogens with zero attached hydrogens (tertiary/aromatic N) is 3. The Balaban J connectivity index is 1.25. The second-order valence-electron chi connectivity index (χ2n) is 7.50. The highest BCUT2D eigenvalue weighted by Gasteiger charge is 2.46. The standard InChI is InChI=1S/C19H24N4OS/c1-14-3-2-6-20-16(14)11-23-7-4-19(5-8-23)9-15(10-19)22-18(24)17-12-25-13-21-17/h2-3,6,12-13,15H,4-5,7-11H2,1H3,(H,22,24). The third-order valence-corrected chi connectivity index (χ3v) is 6.35. The van der Waals surface area contributed by atoms with E-state index in [1.165, 1.54) is 35.4 Å². The summed E-state index contributed by atoms with van der Waals surface area (Å²) in [6.07, 6.45) is 6.55. The minimum absolute atomic E-state index is 0.0239. The molecule has 0 unspecified atom stereocenters. The summed E-state index contributed by atoms with van der Waals surface area (Å²) in [7, 11) is 0. The summed E-state index contributed by atoms with van der Waals surface area (Å²) in [5.41, 5.74) is 5.16. The zero-order valence-electron chi connectivity index (χ0n) is 14.6. The number of hydrogen-bond donors (Lipinski definition) is 1. The number of carbonyl (C=O) groups excluding carboxylic acids is 1. The average molecular weight is 356 g/mol. The molecule has 1 amide bonds. The van der Waals surface area contributed by atoms with Crippen LogP contribution in [0.1, 0.15) is 47.4 Å². The van der Waals surface area contributed by atoms with Gasteiger partial charge in [-0.05, 0) is 62.7 Å². The number of aryl methyl sites for hydroxylation is 1. The van der Waals surface area contributed by atoms with Crippen LogP contribution < -0.4 is 5.32 Å². The topological polar surface area (TPSA) is 58.1 Å². The highest BCUT2D eigenvalue weighted by molar-refractivity contribution is 7.07. The molecule has 6 heteroatoms. The maximum Gasteiger partial charge on any atom is 0.270 e. The fourth-order valence-corrected chi connectivity index (χ4v) is 4.69. The zero-order chi connectivity index (χ0) is 17.3. The summed E-state index contributed by atoms with van der Waals surface area (Å²) in [5, 5.41) is 4.94. The molecule has 1 spiro atoms. The lowest BCUT2D eigenvalue weighted by molar-refractivity contribution is 0.00426. The predicted molar refractivity (Wildman–Crippen MR) is 98.5 cm³/mol. The number of carbonyl (C=O) groups is 1. The van der Waals surface area contributed by atoms with Gasteiger partial charge in [0.05, 0.1) is 11.2 Å². The van der Waals surface area contributed by atoms with E-state index < -0.39 is 0 Å². The first-order valence-electron chi connectivity index (χ1n) is 8.95. The maximum atomic E-state index is 12.1. The van der Waals surface area contributed by atoms with Gasteiger partial charge in [-0.2, -0.15) is 0 Å². The van der Waals surface area contributed by atoms with Gasteiger partial charge in [-0.3, -0.25) is 14.7 Å². The lowest BCUT2D eigenvalue weighted by atomic mass is 9.60. The van der Waals surface area contributed by atoms with Crippen molar-refractivity contribution in [3.63, 3.8) is 0 Å². The van der Waals surface area contributed by atoms with Crippen molar-refractivity contribution in [3.05, 3.63) is 46.2 Å². The highest BCUT2D eigenvalue weighted by atomic mass is 32.1. The first kappa shape index (κ1) is 16.7. The highest BCUT2D eigenvalue weighted by Crippen LogP contribution is 2.49. The molecule has 0 atom stereocenters. The molecule has 3 heterocycles. The number of amides is 1. The number of aromatic nitrogens is 2. The van der Waals surface area contributed by atoms with E-state index in [0.717, 1.165) is 32.5 Å². The van der Waals surface area contributed by atoms with Crippen molar-refractivity contribution in [2.45, 2.75) is 45.2 Å². The normalized spacial score (nSPS) is 20.4. The van der Waals surface area contributed by atoms with Crippen molar-refractivity contribution in [1.29, 1.82) is 0 Å². The Kier molecular flexibility index (Phi) is 4.56. The van der Waals surface area contributed by atoms with E-state index in [4.69, 9.17) is 0 Å². The van der Waals surface area contributed by atoms with Gasteiger partial charge in [0.25, 0.3) is 5.91 Å². The third kappa shape index (κ3) is 3.60. The van der Waals surface area contributed by atoms with Crippen LogP contribution in [0.25, 0.3) is 0 Å². The Hall–Kier alpha value is -1.79. The van der Waals surface area contributed by atoms with Crippen LogP contribution >= 0.6 is 11.3 Å². The summed E-state index contributed by atoms with van der Waals surface area (Å²) in [5.74, 6) is -0.0239. The Labute approximate surface area is 152 Å². The molecule has 1 saturated carbocycles. The third-order valence-electron chi connectivity index (χ3n) is 5.77. The number of likely N-dealkylation sites (tertiary alicyclic amines) is 1. The maximum absolute atomic E-state index is 12.1. The molecule has 0 bridgehead atoms. The number of piperidine rings is 1. The van der Waals surface area contributed by atoms with Crippen molar-refractivity contribution >= 4 is 17.2 Å². The Morgan fingerprint density at radius 2 is 2.16 bits per heavy atom. The monoisotopic (exact) mass is 356 g/mol. The number of rotatable bonds is 4. The molecular formula is C19H24N4OS. The van der Waals surface area contributed by atoms with E-state index in [1.807, 2.05) is 17.6 Å². The molecule has 5 nitrogen and oxygen atoms in total. The average Bonchev–Trinajstić information content (AvgIpc) is 3.12. The van der Waals surface area contributed by atoms with Crippen molar-refractivity contribution < 1.29 is 4.79 Å². The van der Waals surface area contributed by atoms with Crippen LogP contribution in [0.2, 0.25) is 0 Å². The van der Waals surface area contributed by atoms with Crippen molar-refractivity contribution in [3.8, 4) is 0 Å². The molecule has 1 saturated heterocycles. The summed E-state index contributed by atoms with van der Waals surface area (Å²) in [4.78, 5) is 23.2. The largest absolute Gasteiger partial charge is 0.348 e. The second kappa shape index (κ2) is 6.84. The molecule has 132 valence electrons. The SMILES string of the molecule is Cc1cccnc1CN1CCC2(CC1)CC(NC(=O)c1cscn1)C2. The van der Waals surface area contributed by atoms with Gasteiger partial charge in [0.1, 0.15) is 5.69 Å². The van der Waals surface area contributed by atoms with Crippen LogP contribution in [0.15, 0.2) is 29.2 Å². The molecule has 0 radical (unpaired) electrons. The van der Waals surface area contributed by atoms with Crippen LogP contribution in [-0.4, -0.2) is 39.9 Å². The first-order chi connectivity index (χ1) is 12.1. The minimum Gasteiger partial charge on any atom is -0.348 e. The van der Waals surface area contributed by atoms with Crippen LogP contribution in [0.4, 0.5) is 0 Å². The van der Waals surface area contributed by atoms with Crippen LogP contribution in [0.5, 0.6) is 0 Å². The molecule has 2 aliphatic rings. The second-order valence-corrected chi connectivity index (χ2v) is 8.21. The molecule has 4 rings (SSSR count). The van der Waals surface area contributed by atoms with Gasteiger partial charge in [0.2, 0.25) is 0 Å². The molecular weight excluding hydrogens is 332 g/mol. The number of nitrogens with one attached hydrogen (secondary N) is 1. The van der Waals surface area contributed by atoms with Crippen LogP contribution in [0, 0.1) is 12.3 Å². The van der Waals surface area contributed by atoms with E-state index >= 15 is 0 Å². The first-order valence-corrected chi connectivity index (χ1v) is 9.90. The van der Waals surface area contributed by atoms with Gasteiger partial charge in [-0.15, -0.1) is 11.3 Å². The zero-order valence-corrected chi connectivity index (χ0v) is 15.4. The van der Waals surface area contributed by atoms with Gasteiger partial charge in [0.15, 0.2) is 0 Å². The Morgan fingerprint density at radius 3 is 2.84 bits per heavy atom. The summed E-state index contributed by atoms with van der Waals surface area (Å²) >= 11 is 1.46. The van der Waals surface area contributed by atoms with E-state index in [1.54, 1.807) is 5.51 Å². The smallest absolute Gasteiger partial charge is 0.270 e. The molecule has 0 aromatic carbocycles. The van der Waals surface area contributed by atoms with Crippen LogP contribution in [0.3, 0.4) is 0 Å². The summed E-state index contributed by atoms with van der Waals surface area (Å²) in [6, 6.07) is 4.45. The number of thiazole rings is 1. The fraction of sp³-hybridized carbons (Fsp3) is 0.526. The van der Waals surface area contributed by atoms with Gasteiger partial charge >= 0.3 is 0 Å². The lowest BCUT2D eigenvalue weighted by Crippen LogP contribution is -2.54. The van der Waals surface area contributed by atoms with E-state index in [2.05, 4.69) is 33.2 Å². The van der Waals surface area contributed by atoms with E-state index in [-0.39, 0.29) is 5.91 Å². The lowest BCUT2D eigenvalue weighted by Gasteiger charge is -2.52. The minimum atomic E-state index is -0.0239. The molecule has 2 fully saturated rings. The quantitative estimate of drug-likeness (QED) is 0.915. The van der Waals surface area contributed by atoms with E-state index in [9.17, 15) is 4.79 Å². The Morgan fingerprint density at radius 1 is 1.36 bits per heavy atom. The molecule has 2 aromatic rings. The van der Waals surface area contributed by atoms with Crippen molar-refractivity contribution in [1.82, 2.24) is 20.2 Å². The van der Waals surface area contributed by atoms with E-state index in [0.29, 0.717) is 17.2 Å². The van der Waals surface area contributed by atoms with Crippen molar-refractivity contribution in [2.75, 3.05) is 13.1 Å². The van der Waals surface area contributed by atoms with Crippen molar-refractivity contribution in [2.24, 2.45) is 5.41 Å². The predicted octanol–water partition coefficient (Wildman–Crippen LogP) is 3.02. The Bertz CT molecular complexity index is 730. The number of hydrogen-bond acceptors (Lipinski definition) is 5. The van der Waals surface area contributed by atoms with Gasteiger partial charge in [-0.1, -0.05) is 6.07 Å². The van der Waals surface area contributed by atoms with Crippen LogP contribution in [-0.2, 0) is 6.54 Å². The molecule has 1 aliphatic carbocycles. The molecule has 25 heavy (non-hydrogen) atoms. The summed E-state index contributed by atoms with van der Waals surface area (Å²) in [6.45, 7) is 5.34. The van der Waals surface area contributed by atoms with Gasteiger partial charge in [-0.25, -0.2) is 4.98 Å². The molecule has 1 aliphatic heterocycles. The summed E-state index contributed by atoms with van der Waals surface area (Å²) < 4.78 is 0. The fourth-order valence-electron chi connectivity index (χ4n) is 4.16. The molecule has 2 aromatic heterocycles. The van der Waals surface area contributed by atoms with Gasteiger partial charge < -0.3 is 5.32 Å². The van der Waals surface area contributed by atoms with Gasteiger partial charge in [0, 0.05) is 24.2 Å². The molecule has 1 N–H and O–H groups in total. The number of pyridine rings is 1.